The molecule has 1 fully saturated rings. The molecule has 0 aromatic carbocycles. The molecule has 3 rings (SSSR count). The molecule has 0 radical (unpaired) electrons. The summed E-state index contributed by atoms with van der Waals surface area (Å²) in [5.41, 5.74) is 12.3. The molecule has 0 aliphatic heterocycles. The lowest BCUT2D eigenvalue weighted by atomic mass is 9.84. The predicted octanol–water partition coefficient (Wildman–Crippen LogP) is 2.09. The highest BCUT2D eigenvalue weighted by molar-refractivity contribution is 5.91. The van der Waals surface area contributed by atoms with Crippen molar-refractivity contribution < 1.29 is 9.59 Å². The van der Waals surface area contributed by atoms with Gasteiger partial charge in [0.2, 0.25) is 5.91 Å². The second-order valence-electron chi connectivity index (χ2n) is 7.32. The highest BCUT2D eigenvalue weighted by atomic mass is 16.2. The van der Waals surface area contributed by atoms with E-state index in [1.54, 1.807) is 17.3 Å². The van der Waals surface area contributed by atoms with Crippen LogP contribution in [-0.2, 0) is 4.79 Å². The maximum Gasteiger partial charge on any atom is 0.267 e. The van der Waals surface area contributed by atoms with E-state index < -0.39 is 11.9 Å². The molecule has 2 heterocycles. The van der Waals surface area contributed by atoms with Gasteiger partial charge < -0.3 is 20.8 Å². The minimum atomic E-state index is -0.501. The van der Waals surface area contributed by atoms with Gasteiger partial charge in [0.1, 0.15) is 12.2 Å². The average molecular weight is 399 g/mol. The molecule has 2 aromatic rings. The van der Waals surface area contributed by atoms with Gasteiger partial charge in [0.25, 0.3) is 5.91 Å². The summed E-state index contributed by atoms with van der Waals surface area (Å²) < 4.78 is 1.81. The van der Waals surface area contributed by atoms with Crippen LogP contribution in [0.25, 0.3) is 5.52 Å². The number of carbonyl (C=O) groups excluding carboxylic acids is 2. The van der Waals surface area contributed by atoms with Gasteiger partial charge in [-0.05, 0) is 43.4 Å². The summed E-state index contributed by atoms with van der Waals surface area (Å²) in [5.74, 6) is -0.228. The number of aromatic nitrogens is 2. The highest BCUT2D eigenvalue weighted by Crippen LogP contribution is 2.26. The Bertz CT molecular complexity index is 850. The van der Waals surface area contributed by atoms with Gasteiger partial charge >= 0.3 is 0 Å². The van der Waals surface area contributed by atoms with Crippen molar-refractivity contribution in [2.24, 2.45) is 17.4 Å². The molecule has 8 heteroatoms. The topological polar surface area (TPSA) is 131 Å². The Morgan fingerprint density at radius 1 is 1.38 bits per heavy atom. The minimum Gasteiger partial charge on any atom is -0.364 e. The molecule has 0 saturated heterocycles. The Balaban J connectivity index is 0.000000218. The van der Waals surface area contributed by atoms with E-state index in [1.165, 1.54) is 19.3 Å². The monoisotopic (exact) mass is 398 g/mol. The number of nitriles is 1. The van der Waals surface area contributed by atoms with Crippen molar-refractivity contribution in [3.63, 3.8) is 0 Å². The Labute approximate surface area is 171 Å². The smallest absolute Gasteiger partial charge is 0.267 e. The van der Waals surface area contributed by atoms with E-state index in [-0.39, 0.29) is 12.5 Å². The molecule has 1 unspecified atom stereocenters. The molecule has 4 N–H and O–H groups in total. The molecule has 0 bridgehead atoms. The molecule has 2 amide bonds. The van der Waals surface area contributed by atoms with Gasteiger partial charge in [0.05, 0.1) is 18.4 Å². The zero-order valence-electron chi connectivity index (χ0n) is 17.0. The third-order valence-electron chi connectivity index (χ3n) is 5.18. The first-order chi connectivity index (χ1) is 14.0. The molecule has 8 nitrogen and oxygen atoms in total. The third kappa shape index (κ3) is 6.29. The van der Waals surface area contributed by atoms with Gasteiger partial charge in [0, 0.05) is 18.3 Å². The van der Waals surface area contributed by atoms with Crippen molar-refractivity contribution in [2.45, 2.75) is 51.5 Å². The number of carbonyl (C=O) groups is 2. The number of nitrogens with two attached hydrogens (primary N) is 2. The van der Waals surface area contributed by atoms with E-state index in [0.717, 1.165) is 24.8 Å². The van der Waals surface area contributed by atoms with Crippen LogP contribution >= 0.6 is 0 Å². The SMILES string of the molecule is CCCN(CC#N)C(=O)C(N)C1CCCCC1.NC(=O)c1cc2cccn2cn1. The number of hydrogen-bond donors (Lipinski definition) is 2. The molecule has 1 aliphatic carbocycles. The average Bonchev–Trinajstić information content (AvgIpc) is 3.21. The maximum absolute atomic E-state index is 12.2. The first-order valence-corrected chi connectivity index (χ1v) is 10.1. The van der Waals surface area contributed by atoms with Crippen LogP contribution in [0.1, 0.15) is 55.9 Å². The quantitative estimate of drug-likeness (QED) is 0.719. The largest absolute Gasteiger partial charge is 0.364 e. The van der Waals surface area contributed by atoms with Crippen molar-refractivity contribution in [3.05, 3.63) is 36.4 Å². The second kappa shape index (κ2) is 11.2. The minimum absolute atomic E-state index is 0.0414. The maximum atomic E-state index is 12.2. The summed E-state index contributed by atoms with van der Waals surface area (Å²) in [4.78, 5) is 28.4. The predicted molar refractivity (Wildman–Crippen MR) is 111 cm³/mol. The van der Waals surface area contributed by atoms with Crippen LogP contribution in [0.15, 0.2) is 30.7 Å². The van der Waals surface area contributed by atoms with Gasteiger partial charge in [-0.25, -0.2) is 4.98 Å². The van der Waals surface area contributed by atoms with Crippen LogP contribution in [0.5, 0.6) is 0 Å². The van der Waals surface area contributed by atoms with Crippen molar-refractivity contribution in [1.82, 2.24) is 14.3 Å². The molecule has 0 spiro atoms. The summed E-state index contributed by atoms with van der Waals surface area (Å²) in [7, 11) is 0. The fraction of sp³-hybridized carbons (Fsp3) is 0.524. The fourth-order valence-electron chi connectivity index (χ4n) is 3.60. The molecule has 1 atom stereocenters. The second-order valence-corrected chi connectivity index (χ2v) is 7.32. The van der Waals surface area contributed by atoms with E-state index in [4.69, 9.17) is 16.7 Å². The normalized spacial score (nSPS) is 15.1. The molecular formula is C21H30N6O2. The summed E-state index contributed by atoms with van der Waals surface area (Å²) in [5, 5.41) is 8.72. The molecule has 29 heavy (non-hydrogen) atoms. The Hall–Kier alpha value is -2.92. The summed E-state index contributed by atoms with van der Waals surface area (Å²) in [6, 6.07) is 7.05. The lowest BCUT2D eigenvalue weighted by Gasteiger charge is -2.30. The van der Waals surface area contributed by atoms with Crippen LogP contribution in [0.2, 0.25) is 0 Å². The van der Waals surface area contributed by atoms with Gasteiger partial charge in [-0.1, -0.05) is 26.2 Å². The third-order valence-corrected chi connectivity index (χ3v) is 5.18. The van der Waals surface area contributed by atoms with E-state index >= 15 is 0 Å². The Morgan fingerprint density at radius 3 is 2.72 bits per heavy atom. The Morgan fingerprint density at radius 2 is 2.10 bits per heavy atom. The number of rotatable bonds is 6. The first-order valence-electron chi connectivity index (χ1n) is 10.1. The molecule has 1 aliphatic rings. The van der Waals surface area contributed by atoms with Crippen LogP contribution in [0.3, 0.4) is 0 Å². The number of amides is 2. The van der Waals surface area contributed by atoms with E-state index in [2.05, 4.69) is 4.98 Å². The van der Waals surface area contributed by atoms with Crippen LogP contribution in [-0.4, -0.2) is 45.2 Å². The van der Waals surface area contributed by atoms with Crippen LogP contribution < -0.4 is 11.5 Å². The highest BCUT2D eigenvalue weighted by Gasteiger charge is 2.29. The number of nitrogens with zero attached hydrogens (tertiary/aromatic N) is 4. The Kier molecular flexibility index (Phi) is 8.62. The van der Waals surface area contributed by atoms with Gasteiger partial charge in [0.15, 0.2) is 0 Å². The van der Waals surface area contributed by atoms with Crippen LogP contribution in [0, 0.1) is 17.2 Å². The van der Waals surface area contributed by atoms with Crippen molar-refractivity contribution in [3.8, 4) is 6.07 Å². The summed E-state index contributed by atoms with van der Waals surface area (Å²) in [6.07, 6.45) is 10.0. The number of hydrogen-bond acceptors (Lipinski definition) is 5. The van der Waals surface area contributed by atoms with Gasteiger partial charge in [-0.3, -0.25) is 9.59 Å². The van der Waals surface area contributed by atoms with Gasteiger partial charge in [-0.15, -0.1) is 0 Å². The summed E-state index contributed by atoms with van der Waals surface area (Å²) >= 11 is 0. The fourth-order valence-corrected chi connectivity index (χ4v) is 3.60. The lowest BCUT2D eigenvalue weighted by Crippen LogP contribution is -2.48. The van der Waals surface area contributed by atoms with Crippen molar-refractivity contribution in [2.75, 3.05) is 13.1 Å². The molecule has 156 valence electrons. The van der Waals surface area contributed by atoms with Crippen molar-refractivity contribution >= 4 is 17.3 Å². The molecular weight excluding hydrogens is 368 g/mol. The van der Waals surface area contributed by atoms with E-state index in [1.807, 2.05) is 35.7 Å². The van der Waals surface area contributed by atoms with Crippen molar-refractivity contribution in [1.29, 1.82) is 5.26 Å². The first kappa shape index (κ1) is 22.4. The molecule has 2 aromatic heterocycles. The van der Waals surface area contributed by atoms with E-state index in [0.29, 0.717) is 18.2 Å². The number of fused-ring (bicyclic) bond motifs is 1. The van der Waals surface area contributed by atoms with Crippen LogP contribution in [0.4, 0.5) is 0 Å². The van der Waals surface area contributed by atoms with Gasteiger partial charge in [-0.2, -0.15) is 5.26 Å². The molecule has 1 saturated carbocycles. The zero-order chi connectivity index (χ0) is 21.2. The zero-order valence-corrected chi connectivity index (χ0v) is 17.0. The lowest BCUT2D eigenvalue weighted by molar-refractivity contribution is -0.133. The number of primary amides is 1. The van der Waals surface area contributed by atoms with E-state index in [9.17, 15) is 9.59 Å². The summed E-state index contributed by atoms with van der Waals surface area (Å²) in [6.45, 7) is 2.80. The standard InChI is InChI=1S/C13H23N3O.C8H7N3O/c1-2-9-16(10-8-14)13(17)12(15)11-6-4-3-5-7-11;9-8(12)7-4-6-2-1-3-11(6)5-10-7/h11-12H,2-7,9-10,15H2,1H3;1-5H,(H2,9,12).